The molecule has 0 spiro atoms. The molecule has 0 bridgehead atoms. The zero-order chi connectivity index (χ0) is 12.6. The minimum Gasteiger partial charge on any atom is -0.496 e. The van der Waals surface area contributed by atoms with Gasteiger partial charge in [0.05, 0.1) is 16.5 Å². The van der Waals surface area contributed by atoms with Crippen LogP contribution in [-0.4, -0.2) is 21.0 Å². The summed E-state index contributed by atoms with van der Waals surface area (Å²) in [7, 11) is -4.10. The highest BCUT2D eigenvalue weighted by atomic mass is 79.9. The number of hydrogen-bond donors (Lipinski definition) is 0. The van der Waals surface area contributed by atoms with Crippen LogP contribution >= 0.6 is 15.9 Å². The fraction of sp³-hybridized carbons (Fsp3) is 0.250. The second kappa shape index (κ2) is 4.25. The third kappa shape index (κ3) is 2.32. The molecule has 0 amide bonds. The van der Waals surface area contributed by atoms with Crippen LogP contribution < -0.4 is 4.74 Å². The number of benzene rings is 1. The molecule has 1 rings (SSSR count). The normalized spacial score (nSPS) is 12.6. The Morgan fingerprint density at radius 3 is 2.31 bits per heavy atom. The maximum absolute atomic E-state index is 12.2. The fourth-order valence-electron chi connectivity index (χ4n) is 0.941. The van der Waals surface area contributed by atoms with E-state index in [1.807, 2.05) is 0 Å². The summed E-state index contributed by atoms with van der Waals surface area (Å²) in [5, 5.41) is 0. The molecule has 0 heterocycles. The van der Waals surface area contributed by atoms with Gasteiger partial charge in [-0.25, -0.2) is 8.42 Å². The predicted molar refractivity (Wildman–Crippen MR) is 53.9 cm³/mol. The second-order valence-corrected chi connectivity index (χ2v) is 5.54. The summed E-state index contributed by atoms with van der Waals surface area (Å²) in [6.45, 7) is 0. The van der Waals surface area contributed by atoms with Gasteiger partial charge in [0.25, 0.3) is 9.84 Å². The van der Waals surface area contributed by atoms with Gasteiger partial charge in [0.2, 0.25) is 0 Å². The van der Waals surface area contributed by atoms with Gasteiger partial charge in [-0.3, -0.25) is 0 Å². The van der Waals surface area contributed by atoms with Gasteiger partial charge in [0, 0.05) is 6.07 Å². The van der Waals surface area contributed by atoms with E-state index in [0.717, 1.165) is 12.1 Å². The van der Waals surface area contributed by atoms with Crippen molar-refractivity contribution in [2.24, 2.45) is 0 Å². The van der Waals surface area contributed by atoms with Gasteiger partial charge >= 0.3 is 5.51 Å². The summed E-state index contributed by atoms with van der Waals surface area (Å²) in [6, 6.07) is 2.85. The number of alkyl halides is 3. The van der Waals surface area contributed by atoms with Crippen molar-refractivity contribution in [3.8, 4) is 5.75 Å². The first-order chi connectivity index (χ1) is 7.20. The number of ether oxygens (including phenoxy) is 1. The van der Waals surface area contributed by atoms with E-state index in [-0.39, 0.29) is 5.75 Å². The number of rotatable bonds is 2. The standard InChI is InChI=1S/C8H6BrF3O3S/c1-15-7-4-5(2-3-6(7)9)16(13,14)8(10,11)12/h2-4H,1H3. The van der Waals surface area contributed by atoms with E-state index in [9.17, 15) is 21.6 Å². The SMILES string of the molecule is COc1cc(S(=O)(=O)C(F)(F)F)ccc1Br. The Labute approximate surface area is 98.3 Å². The minimum absolute atomic E-state index is 0.0188. The maximum Gasteiger partial charge on any atom is 0.501 e. The van der Waals surface area contributed by atoms with Crippen LogP contribution in [0.25, 0.3) is 0 Å². The van der Waals surface area contributed by atoms with E-state index in [1.54, 1.807) is 0 Å². The average Bonchev–Trinajstić information content (AvgIpc) is 2.16. The van der Waals surface area contributed by atoms with E-state index in [2.05, 4.69) is 15.9 Å². The Kier molecular flexibility index (Phi) is 3.53. The average molecular weight is 319 g/mol. The molecule has 0 saturated carbocycles. The van der Waals surface area contributed by atoms with Crippen LogP contribution in [0.5, 0.6) is 5.75 Å². The van der Waals surface area contributed by atoms with Gasteiger partial charge in [0.1, 0.15) is 5.75 Å². The van der Waals surface area contributed by atoms with Gasteiger partial charge in [-0.2, -0.15) is 13.2 Å². The van der Waals surface area contributed by atoms with Crippen molar-refractivity contribution < 1.29 is 26.3 Å². The molecule has 0 radical (unpaired) electrons. The molecule has 0 N–H and O–H groups in total. The van der Waals surface area contributed by atoms with Gasteiger partial charge < -0.3 is 4.74 Å². The summed E-state index contributed by atoms with van der Waals surface area (Å²) in [5.74, 6) is 0.0188. The summed E-state index contributed by atoms with van der Waals surface area (Å²) in [5.41, 5.74) is -5.31. The van der Waals surface area contributed by atoms with E-state index in [0.29, 0.717) is 4.47 Å². The number of methoxy groups -OCH3 is 1. The molecule has 90 valence electrons. The van der Waals surface area contributed by atoms with Gasteiger partial charge in [-0.1, -0.05) is 0 Å². The molecule has 8 heteroatoms. The van der Waals surface area contributed by atoms with Crippen LogP contribution in [0.1, 0.15) is 0 Å². The molecule has 0 aliphatic heterocycles. The van der Waals surface area contributed by atoms with Gasteiger partial charge in [-0.15, -0.1) is 0 Å². The third-order valence-corrected chi connectivity index (χ3v) is 3.88. The Hall–Kier alpha value is -0.760. The quantitative estimate of drug-likeness (QED) is 0.842. The number of hydrogen-bond acceptors (Lipinski definition) is 3. The molecule has 0 saturated heterocycles. The van der Waals surface area contributed by atoms with E-state index in [4.69, 9.17) is 4.74 Å². The largest absolute Gasteiger partial charge is 0.501 e. The lowest BCUT2D eigenvalue weighted by Gasteiger charge is -2.10. The molecule has 0 fully saturated rings. The molecule has 16 heavy (non-hydrogen) atoms. The molecule has 1 aromatic rings. The molecule has 0 atom stereocenters. The Morgan fingerprint density at radius 2 is 1.88 bits per heavy atom. The maximum atomic E-state index is 12.2. The first-order valence-corrected chi connectivity index (χ1v) is 6.12. The first kappa shape index (κ1) is 13.3. The zero-order valence-electron chi connectivity index (χ0n) is 7.88. The van der Waals surface area contributed by atoms with Crippen molar-refractivity contribution in [2.75, 3.05) is 7.11 Å². The molecule has 0 aromatic heterocycles. The molecular weight excluding hydrogens is 313 g/mol. The predicted octanol–water partition coefficient (Wildman–Crippen LogP) is 2.75. The van der Waals surface area contributed by atoms with Crippen molar-refractivity contribution in [1.82, 2.24) is 0 Å². The van der Waals surface area contributed by atoms with Crippen LogP contribution in [0.15, 0.2) is 27.6 Å². The molecule has 3 nitrogen and oxygen atoms in total. The summed E-state index contributed by atoms with van der Waals surface area (Å²) < 4.78 is 63.8. The smallest absolute Gasteiger partial charge is 0.496 e. The van der Waals surface area contributed by atoms with E-state index >= 15 is 0 Å². The van der Waals surface area contributed by atoms with Crippen LogP contribution in [0.4, 0.5) is 13.2 Å². The molecule has 0 aliphatic carbocycles. The van der Waals surface area contributed by atoms with Crippen molar-refractivity contribution in [2.45, 2.75) is 10.4 Å². The first-order valence-electron chi connectivity index (χ1n) is 3.85. The summed E-state index contributed by atoms with van der Waals surface area (Å²) in [6.07, 6.45) is 0. The highest BCUT2D eigenvalue weighted by Gasteiger charge is 2.47. The summed E-state index contributed by atoms with van der Waals surface area (Å²) in [4.78, 5) is -0.847. The Balaban J connectivity index is 3.36. The molecule has 0 aliphatic rings. The second-order valence-electron chi connectivity index (χ2n) is 2.75. The third-order valence-electron chi connectivity index (χ3n) is 1.74. The number of halogens is 4. The van der Waals surface area contributed by atoms with E-state index < -0.39 is 20.2 Å². The minimum atomic E-state index is -5.33. The van der Waals surface area contributed by atoms with Crippen molar-refractivity contribution in [3.05, 3.63) is 22.7 Å². The molecular formula is C8H6BrF3O3S. The highest BCUT2D eigenvalue weighted by Crippen LogP contribution is 2.34. The van der Waals surface area contributed by atoms with E-state index in [1.165, 1.54) is 13.2 Å². The van der Waals surface area contributed by atoms with Gasteiger partial charge in [0.15, 0.2) is 0 Å². The monoisotopic (exact) mass is 318 g/mol. The topological polar surface area (TPSA) is 43.4 Å². The lowest BCUT2D eigenvalue weighted by molar-refractivity contribution is -0.0436. The lowest BCUT2D eigenvalue weighted by atomic mass is 10.3. The van der Waals surface area contributed by atoms with Crippen molar-refractivity contribution in [3.63, 3.8) is 0 Å². The zero-order valence-corrected chi connectivity index (χ0v) is 10.3. The number of sulfone groups is 1. The molecule has 0 unspecified atom stereocenters. The van der Waals surface area contributed by atoms with Crippen LogP contribution in [0.3, 0.4) is 0 Å². The Morgan fingerprint density at radius 1 is 1.31 bits per heavy atom. The molecule has 1 aromatic carbocycles. The van der Waals surface area contributed by atoms with Crippen molar-refractivity contribution >= 4 is 25.8 Å². The van der Waals surface area contributed by atoms with Crippen LogP contribution in [0, 0.1) is 0 Å². The van der Waals surface area contributed by atoms with Crippen LogP contribution in [-0.2, 0) is 9.84 Å². The summed E-state index contributed by atoms with van der Waals surface area (Å²) >= 11 is 3.01. The van der Waals surface area contributed by atoms with Crippen LogP contribution in [0.2, 0.25) is 0 Å². The van der Waals surface area contributed by atoms with Crippen molar-refractivity contribution in [1.29, 1.82) is 0 Å². The van der Waals surface area contributed by atoms with Gasteiger partial charge in [-0.05, 0) is 28.1 Å². The highest BCUT2D eigenvalue weighted by molar-refractivity contribution is 9.10. The fourth-order valence-corrected chi connectivity index (χ4v) is 2.13. The Bertz CT molecular complexity index is 496. The lowest BCUT2D eigenvalue weighted by Crippen LogP contribution is -2.23.